The predicted molar refractivity (Wildman–Crippen MR) is 54.8 cm³/mol. The summed E-state index contributed by atoms with van der Waals surface area (Å²) in [6.07, 6.45) is 0. The predicted octanol–water partition coefficient (Wildman–Crippen LogP) is 2.18. The third-order valence-corrected chi connectivity index (χ3v) is 2.40. The largest absolute Gasteiger partial charge is 0.503 e. The number of hydrogen-bond donors (Lipinski definition) is 2. The van der Waals surface area contributed by atoms with E-state index in [0.29, 0.717) is 0 Å². The molecule has 0 aromatic heterocycles. The summed E-state index contributed by atoms with van der Waals surface area (Å²) in [4.78, 5) is 22.1. The topological polar surface area (TPSA) is 74.6 Å². The number of carbonyl (C=O) groups is 2. The Hall–Kier alpha value is -1.26. The molecule has 0 fully saturated rings. The number of Topliss-reactive ketones (excluding diaryl/α,β-unsaturated/α-hetero) is 2. The lowest BCUT2D eigenvalue weighted by atomic mass is 10.1. The molecule has 0 atom stereocenters. The average molecular weight is 249 g/mol. The molecule has 0 heterocycles. The molecule has 0 saturated heterocycles. The molecule has 0 aliphatic rings. The Morgan fingerprint density at radius 3 is 2.20 bits per heavy atom. The molecule has 4 nitrogen and oxygen atoms in total. The molecule has 1 rings (SSSR count). The summed E-state index contributed by atoms with van der Waals surface area (Å²) in [5.74, 6) is -2.95. The van der Waals surface area contributed by atoms with Gasteiger partial charge in [0.15, 0.2) is 17.3 Å². The first kappa shape index (κ1) is 11.8. The Morgan fingerprint density at radius 2 is 1.73 bits per heavy atom. The van der Waals surface area contributed by atoms with Crippen LogP contribution in [-0.4, -0.2) is 21.8 Å². The lowest BCUT2D eigenvalue weighted by molar-refractivity contribution is -0.113. The number of benzene rings is 1. The first-order valence-electron chi connectivity index (χ1n) is 3.81. The van der Waals surface area contributed by atoms with Crippen LogP contribution in [-0.2, 0) is 4.79 Å². The zero-order chi connectivity index (χ0) is 11.7. The Labute approximate surface area is 95.0 Å². The molecule has 6 heteroatoms. The van der Waals surface area contributed by atoms with Crippen LogP contribution in [0, 0.1) is 0 Å². The molecule has 0 spiro atoms. The van der Waals surface area contributed by atoms with E-state index in [4.69, 9.17) is 28.3 Å². The second-order valence-corrected chi connectivity index (χ2v) is 3.59. The van der Waals surface area contributed by atoms with Crippen LogP contribution in [0.25, 0.3) is 0 Å². The van der Waals surface area contributed by atoms with Crippen molar-refractivity contribution in [1.82, 2.24) is 0 Å². The minimum absolute atomic E-state index is 0.232. The highest BCUT2D eigenvalue weighted by molar-refractivity contribution is 6.48. The van der Waals surface area contributed by atoms with Crippen LogP contribution in [0.3, 0.4) is 0 Å². The van der Waals surface area contributed by atoms with Crippen molar-refractivity contribution >= 4 is 34.8 Å². The average Bonchev–Trinajstić information content (AvgIpc) is 2.19. The molecule has 0 aliphatic carbocycles. The van der Waals surface area contributed by atoms with Gasteiger partial charge in [0.25, 0.3) is 0 Å². The van der Waals surface area contributed by atoms with Gasteiger partial charge in [0.2, 0.25) is 5.78 Å². The van der Waals surface area contributed by atoms with Crippen molar-refractivity contribution in [2.45, 2.75) is 6.92 Å². The Bertz CT molecular complexity index is 454. The van der Waals surface area contributed by atoms with Crippen LogP contribution in [0.1, 0.15) is 17.3 Å². The molecule has 0 saturated carbocycles. The van der Waals surface area contributed by atoms with Gasteiger partial charge in [-0.3, -0.25) is 9.59 Å². The first-order valence-corrected chi connectivity index (χ1v) is 4.57. The van der Waals surface area contributed by atoms with E-state index in [1.165, 1.54) is 0 Å². The molecule has 2 N–H and O–H groups in total. The van der Waals surface area contributed by atoms with Gasteiger partial charge in [-0.15, -0.1) is 0 Å². The summed E-state index contributed by atoms with van der Waals surface area (Å²) in [5, 5.41) is 17.8. The molecule has 80 valence electrons. The van der Waals surface area contributed by atoms with Crippen LogP contribution >= 0.6 is 23.2 Å². The van der Waals surface area contributed by atoms with Crippen molar-refractivity contribution in [2.24, 2.45) is 0 Å². The summed E-state index contributed by atoms with van der Waals surface area (Å²) >= 11 is 11.1. The first-order chi connectivity index (χ1) is 6.86. The number of phenols is 2. The summed E-state index contributed by atoms with van der Waals surface area (Å²) in [6, 6.07) is 1.03. The normalized spacial score (nSPS) is 10.1. The van der Waals surface area contributed by atoms with Gasteiger partial charge in [-0.05, 0) is 6.07 Å². The molecule has 0 amide bonds. The zero-order valence-corrected chi connectivity index (χ0v) is 9.06. The molecule has 0 radical (unpaired) electrons. The second kappa shape index (κ2) is 4.08. The molecule has 15 heavy (non-hydrogen) atoms. The highest BCUT2D eigenvalue weighted by Crippen LogP contribution is 2.41. The molecule has 0 aliphatic heterocycles. The summed E-state index contributed by atoms with van der Waals surface area (Å²) in [6.45, 7) is 1.07. The van der Waals surface area contributed by atoms with E-state index in [-0.39, 0.29) is 10.6 Å². The molecular formula is C9H6Cl2O4. The van der Waals surface area contributed by atoms with E-state index < -0.39 is 28.1 Å². The molecule has 1 aromatic rings. The maximum absolute atomic E-state index is 11.3. The highest BCUT2D eigenvalue weighted by Gasteiger charge is 2.21. The quantitative estimate of drug-likeness (QED) is 0.478. The standard InChI is InChI=1S/C9H6Cl2O4/c1-3(12)7(13)4-2-5(10)8(14)9(15)6(4)11/h2,14-15H,1H3. The maximum atomic E-state index is 11.3. The van der Waals surface area contributed by atoms with Crippen molar-refractivity contribution < 1.29 is 19.8 Å². The van der Waals surface area contributed by atoms with Gasteiger partial charge >= 0.3 is 0 Å². The lowest BCUT2D eigenvalue weighted by Gasteiger charge is -2.06. The zero-order valence-electron chi connectivity index (χ0n) is 7.54. The third kappa shape index (κ3) is 2.06. The maximum Gasteiger partial charge on any atom is 0.229 e. The monoisotopic (exact) mass is 248 g/mol. The molecule has 0 unspecified atom stereocenters. The minimum Gasteiger partial charge on any atom is -0.503 e. The number of ketones is 2. The number of carbonyl (C=O) groups excluding carboxylic acids is 2. The van der Waals surface area contributed by atoms with E-state index in [1.54, 1.807) is 0 Å². The Morgan fingerprint density at radius 1 is 1.20 bits per heavy atom. The smallest absolute Gasteiger partial charge is 0.229 e. The van der Waals surface area contributed by atoms with Crippen LogP contribution in [0.15, 0.2) is 6.07 Å². The third-order valence-electron chi connectivity index (χ3n) is 1.73. The van der Waals surface area contributed by atoms with E-state index in [9.17, 15) is 14.7 Å². The summed E-state index contributed by atoms with van der Waals surface area (Å²) < 4.78 is 0. The Kier molecular flexibility index (Phi) is 3.21. The second-order valence-electron chi connectivity index (χ2n) is 2.80. The minimum atomic E-state index is -0.878. The lowest BCUT2D eigenvalue weighted by Crippen LogP contribution is -2.10. The van der Waals surface area contributed by atoms with Crippen LogP contribution in [0.4, 0.5) is 0 Å². The van der Waals surface area contributed by atoms with E-state index in [1.807, 2.05) is 0 Å². The van der Waals surface area contributed by atoms with Gasteiger partial charge in [-0.1, -0.05) is 23.2 Å². The van der Waals surface area contributed by atoms with Crippen molar-refractivity contribution in [3.05, 3.63) is 21.7 Å². The van der Waals surface area contributed by atoms with Crippen molar-refractivity contribution in [3.8, 4) is 11.5 Å². The Balaban J connectivity index is 3.45. The van der Waals surface area contributed by atoms with Gasteiger partial charge in [0, 0.05) is 12.5 Å². The van der Waals surface area contributed by atoms with Crippen LogP contribution in [0.5, 0.6) is 11.5 Å². The van der Waals surface area contributed by atoms with Crippen molar-refractivity contribution in [3.63, 3.8) is 0 Å². The fraction of sp³-hybridized carbons (Fsp3) is 0.111. The van der Waals surface area contributed by atoms with E-state index in [0.717, 1.165) is 13.0 Å². The number of hydrogen-bond acceptors (Lipinski definition) is 4. The fourth-order valence-corrected chi connectivity index (χ4v) is 1.39. The number of aromatic hydroxyl groups is 2. The van der Waals surface area contributed by atoms with Gasteiger partial charge < -0.3 is 10.2 Å². The van der Waals surface area contributed by atoms with Gasteiger partial charge in [-0.25, -0.2) is 0 Å². The fourth-order valence-electron chi connectivity index (χ4n) is 0.958. The van der Waals surface area contributed by atoms with Gasteiger partial charge in [0.1, 0.15) is 0 Å². The SMILES string of the molecule is CC(=O)C(=O)c1cc(Cl)c(O)c(O)c1Cl. The molecule has 1 aromatic carbocycles. The van der Waals surface area contributed by atoms with E-state index in [2.05, 4.69) is 0 Å². The molecular weight excluding hydrogens is 243 g/mol. The molecule has 0 bridgehead atoms. The number of phenolic OH excluding ortho intramolecular Hbond substituents is 2. The summed E-state index contributed by atoms with van der Waals surface area (Å²) in [5.41, 5.74) is -0.232. The van der Waals surface area contributed by atoms with Crippen molar-refractivity contribution in [1.29, 1.82) is 0 Å². The van der Waals surface area contributed by atoms with Crippen molar-refractivity contribution in [2.75, 3.05) is 0 Å². The highest BCUT2D eigenvalue weighted by atomic mass is 35.5. The summed E-state index contributed by atoms with van der Waals surface area (Å²) in [7, 11) is 0. The number of rotatable bonds is 2. The number of halogens is 2. The van der Waals surface area contributed by atoms with Gasteiger partial charge in [-0.2, -0.15) is 0 Å². The van der Waals surface area contributed by atoms with Crippen LogP contribution < -0.4 is 0 Å². The van der Waals surface area contributed by atoms with E-state index >= 15 is 0 Å². The van der Waals surface area contributed by atoms with Gasteiger partial charge in [0.05, 0.1) is 10.0 Å². The van der Waals surface area contributed by atoms with Crippen LogP contribution in [0.2, 0.25) is 10.0 Å².